The Bertz CT molecular complexity index is 521. The van der Waals surface area contributed by atoms with E-state index in [0.29, 0.717) is 28.5 Å². The Morgan fingerprint density at radius 2 is 2.05 bits per heavy atom. The molecule has 2 rings (SSSR count). The third-order valence-electron chi connectivity index (χ3n) is 4.46. The quantitative estimate of drug-likeness (QED) is 0.835. The first-order chi connectivity index (χ1) is 10.5. The summed E-state index contributed by atoms with van der Waals surface area (Å²) >= 11 is 12.1. The molecule has 0 saturated heterocycles. The van der Waals surface area contributed by atoms with Crippen molar-refractivity contribution in [2.45, 2.75) is 51.6 Å². The SMILES string of the molecule is C[C@H](NCC(=O)N[C@@H]1CCCC[C@H]1C)c1ccc(Cl)cc1Cl. The van der Waals surface area contributed by atoms with E-state index in [4.69, 9.17) is 23.2 Å². The summed E-state index contributed by atoms with van der Waals surface area (Å²) in [6.07, 6.45) is 4.78. The molecule has 1 aliphatic carbocycles. The molecule has 22 heavy (non-hydrogen) atoms. The van der Waals surface area contributed by atoms with Crippen LogP contribution in [0.5, 0.6) is 0 Å². The van der Waals surface area contributed by atoms with Crippen LogP contribution in [0.4, 0.5) is 0 Å². The molecular weight excluding hydrogens is 319 g/mol. The Hall–Kier alpha value is -0.770. The molecule has 122 valence electrons. The number of benzene rings is 1. The van der Waals surface area contributed by atoms with Gasteiger partial charge in [-0.3, -0.25) is 4.79 Å². The molecular formula is C17H24Cl2N2O. The highest BCUT2D eigenvalue weighted by Crippen LogP contribution is 2.26. The fourth-order valence-electron chi connectivity index (χ4n) is 3.00. The number of nitrogens with one attached hydrogen (secondary N) is 2. The molecule has 0 bridgehead atoms. The lowest BCUT2D eigenvalue weighted by Gasteiger charge is -2.29. The van der Waals surface area contributed by atoms with Gasteiger partial charge in [-0.1, -0.05) is 49.0 Å². The summed E-state index contributed by atoms with van der Waals surface area (Å²) < 4.78 is 0. The summed E-state index contributed by atoms with van der Waals surface area (Å²) in [5.41, 5.74) is 0.949. The fraction of sp³-hybridized carbons (Fsp3) is 0.588. The van der Waals surface area contributed by atoms with Crippen molar-refractivity contribution in [2.75, 3.05) is 6.54 Å². The molecule has 1 amide bonds. The lowest BCUT2D eigenvalue weighted by Crippen LogP contribution is -2.45. The van der Waals surface area contributed by atoms with Crippen LogP contribution in [-0.2, 0) is 4.79 Å². The Morgan fingerprint density at radius 3 is 2.73 bits per heavy atom. The molecule has 3 atom stereocenters. The van der Waals surface area contributed by atoms with Gasteiger partial charge in [-0.15, -0.1) is 0 Å². The van der Waals surface area contributed by atoms with Crippen molar-refractivity contribution in [2.24, 2.45) is 5.92 Å². The standard InChI is InChI=1S/C17H24Cl2N2O/c1-11-5-3-4-6-16(11)21-17(22)10-20-12(2)14-8-7-13(18)9-15(14)19/h7-9,11-12,16,20H,3-6,10H2,1-2H3,(H,21,22)/t11-,12+,16-/m1/s1. The summed E-state index contributed by atoms with van der Waals surface area (Å²) in [6.45, 7) is 4.50. The predicted molar refractivity (Wildman–Crippen MR) is 92.4 cm³/mol. The Labute approximate surface area is 142 Å². The van der Waals surface area contributed by atoms with Crippen molar-refractivity contribution in [3.8, 4) is 0 Å². The summed E-state index contributed by atoms with van der Waals surface area (Å²) in [6, 6.07) is 5.74. The second-order valence-electron chi connectivity index (χ2n) is 6.20. The number of rotatable bonds is 5. The lowest BCUT2D eigenvalue weighted by molar-refractivity contribution is -0.121. The van der Waals surface area contributed by atoms with Crippen LogP contribution in [0.1, 0.15) is 51.1 Å². The fourth-order valence-corrected chi connectivity index (χ4v) is 3.57. The van der Waals surface area contributed by atoms with Crippen molar-refractivity contribution in [1.82, 2.24) is 10.6 Å². The molecule has 0 spiro atoms. The Morgan fingerprint density at radius 1 is 1.32 bits per heavy atom. The maximum atomic E-state index is 12.1. The van der Waals surface area contributed by atoms with Gasteiger partial charge in [0, 0.05) is 22.1 Å². The van der Waals surface area contributed by atoms with Gasteiger partial charge in [0.15, 0.2) is 0 Å². The van der Waals surface area contributed by atoms with Gasteiger partial charge in [0.05, 0.1) is 6.54 Å². The van der Waals surface area contributed by atoms with E-state index in [1.54, 1.807) is 6.07 Å². The van der Waals surface area contributed by atoms with Crippen molar-refractivity contribution in [3.05, 3.63) is 33.8 Å². The third-order valence-corrected chi connectivity index (χ3v) is 5.02. The second kappa shape index (κ2) is 8.19. The van der Waals surface area contributed by atoms with Crippen LogP contribution in [0, 0.1) is 5.92 Å². The van der Waals surface area contributed by atoms with Gasteiger partial charge in [0.2, 0.25) is 5.91 Å². The summed E-state index contributed by atoms with van der Waals surface area (Å²) in [7, 11) is 0. The molecule has 1 aromatic carbocycles. The van der Waals surface area contributed by atoms with Crippen LogP contribution in [0.2, 0.25) is 10.0 Å². The molecule has 3 nitrogen and oxygen atoms in total. The van der Waals surface area contributed by atoms with E-state index in [2.05, 4.69) is 17.6 Å². The van der Waals surface area contributed by atoms with E-state index in [9.17, 15) is 4.79 Å². The number of halogens is 2. The normalized spacial score (nSPS) is 23.1. The van der Waals surface area contributed by atoms with Crippen LogP contribution in [0.25, 0.3) is 0 Å². The van der Waals surface area contributed by atoms with Gasteiger partial charge in [-0.2, -0.15) is 0 Å². The van der Waals surface area contributed by atoms with Crippen LogP contribution in [-0.4, -0.2) is 18.5 Å². The number of amides is 1. The zero-order valence-electron chi connectivity index (χ0n) is 13.2. The first kappa shape index (κ1) is 17.6. The van der Waals surface area contributed by atoms with Gasteiger partial charge >= 0.3 is 0 Å². The molecule has 1 aromatic rings. The average molecular weight is 343 g/mol. The predicted octanol–water partition coefficient (Wildman–Crippen LogP) is 4.34. The topological polar surface area (TPSA) is 41.1 Å². The zero-order valence-corrected chi connectivity index (χ0v) is 14.7. The maximum Gasteiger partial charge on any atom is 0.234 e. The molecule has 1 saturated carbocycles. The molecule has 0 unspecified atom stereocenters. The van der Waals surface area contributed by atoms with Gasteiger partial charge in [0.25, 0.3) is 0 Å². The first-order valence-electron chi connectivity index (χ1n) is 7.95. The minimum absolute atomic E-state index is 0.000652. The Kier molecular flexibility index (Phi) is 6.54. The van der Waals surface area contributed by atoms with Gasteiger partial charge in [-0.05, 0) is 43.4 Å². The number of hydrogen-bond donors (Lipinski definition) is 2. The molecule has 0 aromatic heterocycles. The minimum Gasteiger partial charge on any atom is -0.352 e. The van der Waals surface area contributed by atoms with Crippen molar-refractivity contribution < 1.29 is 4.79 Å². The average Bonchev–Trinajstić information content (AvgIpc) is 2.47. The highest BCUT2D eigenvalue weighted by molar-refractivity contribution is 6.35. The van der Waals surface area contributed by atoms with Crippen molar-refractivity contribution >= 4 is 29.1 Å². The molecule has 2 N–H and O–H groups in total. The van der Waals surface area contributed by atoms with Crippen molar-refractivity contribution in [1.29, 1.82) is 0 Å². The van der Waals surface area contributed by atoms with Gasteiger partial charge < -0.3 is 10.6 Å². The van der Waals surface area contributed by atoms with Crippen LogP contribution >= 0.6 is 23.2 Å². The first-order valence-corrected chi connectivity index (χ1v) is 8.70. The smallest absolute Gasteiger partial charge is 0.234 e. The van der Waals surface area contributed by atoms with Gasteiger partial charge in [-0.25, -0.2) is 0 Å². The summed E-state index contributed by atoms with van der Waals surface area (Å²) in [4.78, 5) is 12.1. The number of hydrogen-bond acceptors (Lipinski definition) is 2. The Balaban J connectivity index is 1.82. The number of carbonyl (C=O) groups excluding carboxylic acids is 1. The van der Waals surface area contributed by atoms with Crippen LogP contribution in [0.15, 0.2) is 18.2 Å². The molecule has 1 aliphatic rings. The largest absolute Gasteiger partial charge is 0.352 e. The van der Waals surface area contributed by atoms with E-state index >= 15 is 0 Å². The summed E-state index contributed by atoms with van der Waals surface area (Å²) in [5.74, 6) is 0.622. The van der Waals surface area contributed by atoms with E-state index in [1.807, 2.05) is 19.1 Å². The molecule has 0 aliphatic heterocycles. The van der Waals surface area contributed by atoms with Crippen LogP contribution < -0.4 is 10.6 Å². The highest BCUT2D eigenvalue weighted by atomic mass is 35.5. The van der Waals surface area contributed by atoms with Crippen LogP contribution in [0.3, 0.4) is 0 Å². The molecule has 0 heterocycles. The second-order valence-corrected chi connectivity index (χ2v) is 7.05. The van der Waals surface area contributed by atoms with Gasteiger partial charge in [0.1, 0.15) is 0 Å². The minimum atomic E-state index is -0.000652. The number of carbonyl (C=O) groups is 1. The molecule has 5 heteroatoms. The molecule has 0 radical (unpaired) electrons. The van der Waals surface area contributed by atoms with E-state index in [-0.39, 0.29) is 11.9 Å². The maximum absolute atomic E-state index is 12.1. The lowest BCUT2D eigenvalue weighted by atomic mass is 9.86. The van der Waals surface area contributed by atoms with E-state index in [1.165, 1.54) is 19.3 Å². The molecule has 1 fully saturated rings. The zero-order chi connectivity index (χ0) is 16.1. The van der Waals surface area contributed by atoms with Crippen molar-refractivity contribution in [3.63, 3.8) is 0 Å². The highest BCUT2D eigenvalue weighted by Gasteiger charge is 2.22. The third kappa shape index (κ3) is 4.87. The monoisotopic (exact) mass is 342 g/mol. The van der Waals surface area contributed by atoms with E-state index in [0.717, 1.165) is 12.0 Å². The van der Waals surface area contributed by atoms with E-state index < -0.39 is 0 Å². The summed E-state index contributed by atoms with van der Waals surface area (Å²) in [5, 5.41) is 7.60.